The second kappa shape index (κ2) is 11.4. The Labute approximate surface area is 212 Å². The topological polar surface area (TPSA) is 113 Å². The first-order valence-corrected chi connectivity index (χ1v) is 14.7. The molecule has 8 nitrogen and oxygen atoms in total. The Morgan fingerprint density at radius 3 is 1.92 bits per heavy atom. The van der Waals surface area contributed by atoms with Gasteiger partial charge in [-0.25, -0.2) is 0 Å². The van der Waals surface area contributed by atoms with Crippen molar-refractivity contribution in [1.29, 1.82) is 0 Å². The summed E-state index contributed by atoms with van der Waals surface area (Å²) in [4.78, 5) is 41.8. The van der Waals surface area contributed by atoms with Gasteiger partial charge in [0, 0.05) is 25.4 Å². The SMILES string of the molecule is C[C@H](NP(=O)(Cc1ccccc1)Cc1ccccc1)C(=O)N1CCC[C@H]1C(=O)N1CCC[C@H]1C(N)=O. The largest absolute Gasteiger partial charge is 0.368 e. The molecule has 0 aliphatic carbocycles. The molecule has 0 unspecified atom stereocenters. The van der Waals surface area contributed by atoms with Gasteiger partial charge in [0.1, 0.15) is 12.1 Å². The smallest absolute Gasteiger partial charge is 0.246 e. The highest BCUT2D eigenvalue weighted by Gasteiger charge is 2.43. The van der Waals surface area contributed by atoms with Gasteiger partial charge in [0.05, 0.1) is 6.04 Å². The third kappa shape index (κ3) is 6.05. The lowest BCUT2D eigenvalue weighted by Gasteiger charge is -2.33. The molecular weight excluding hydrogens is 475 g/mol. The highest BCUT2D eigenvalue weighted by Crippen LogP contribution is 2.49. The Morgan fingerprint density at radius 2 is 1.39 bits per heavy atom. The first kappa shape index (κ1) is 26.1. The van der Waals surface area contributed by atoms with Gasteiger partial charge in [0.15, 0.2) is 7.29 Å². The van der Waals surface area contributed by atoms with Crippen LogP contribution in [0.3, 0.4) is 0 Å². The number of carbonyl (C=O) groups excluding carboxylic acids is 3. The summed E-state index contributed by atoms with van der Waals surface area (Å²) in [6.45, 7) is 2.65. The van der Waals surface area contributed by atoms with E-state index in [0.29, 0.717) is 44.7 Å². The van der Waals surface area contributed by atoms with E-state index in [1.54, 1.807) is 11.8 Å². The van der Waals surface area contributed by atoms with Gasteiger partial charge in [-0.3, -0.25) is 19.5 Å². The molecule has 0 aromatic heterocycles. The lowest BCUT2D eigenvalue weighted by Crippen LogP contribution is -2.54. The lowest BCUT2D eigenvalue weighted by molar-refractivity contribution is -0.146. The van der Waals surface area contributed by atoms with E-state index in [1.807, 2.05) is 60.7 Å². The van der Waals surface area contributed by atoms with E-state index in [2.05, 4.69) is 5.09 Å². The van der Waals surface area contributed by atoms with E-state index < -0.39 is 31.3 Å². The number of amides is 3. The molecule has 0 spiro atoms. The Hall–Kier alpha value is -2.96. The van der Waals surface area contributed by atoms with Crippen molar-refractivity contribution in [2.45, 2.75) is 63.1 Å². The molecule has 2 fully saturated rings. The monoisotopic (exact) mass is 510 g/mol. The van der Waals surface area contributed by atoms with Crippen molar-refractivity contribution < 1.29 is 18.9 Å². The minimum Gasteiger partial charge on any atom is -0.368 e. The molecule has 9 heteroatoms. The van der Waals surface area contributed by atoms with Crippen molar-refractivity contribution in [2.24, 2.45) is 5.73 Å². The van der Waals surface area contributed by atoms with Crippen molar-refractivity contribution >= 4 is 25.0 Å². The zero-order valence-corrected chi connectivity index (χ0v) is 21.6. The number of nitrogens with two attached hydrogens (primary N) is 1. The average Bonchev–Trinajstić information content (AvgIpc) is 3.54. The Kier molecular flexibility index (Phi) is 8.27. The van der Waals surface area contributed by atoms with Gasteiger partial charge >= 0.3 is 0 Å². The summed E-state index contributed by atoms with van der Waals surface area (Å²) in [5.74, 6) is -0.970. The van der Waals surface area contributed by atoms with Crippen LogP contribution in [-0.2, 0) is 31.3 Å². The molecule has 3 atom stereocenters. The first-order chi connectivity index (χ1) is 17.3. The van der Waals surface area contributed by atoms with Crippen LogP contribution in [-0.4, -0.2) is 58.7 Å². The van der Waals surface area contributed by atoms with Crippen molar-refractivity contribution in [2.75, 3.05) is 13.1 Å². The van der Waals surface area contributed by atoms with Crippen LogP contribution >= 0.6 is 7.29 Å². The molecule has 2 aliphatic heterocycles. The number of hydrogen-bond acceptors (Lipinski definition) is 4. The summed E-state index contributed by atoms with van der Waals surface area (Å²) in [7, 11) is -3.05. The van der Waals surface area contributed by atoms with Crippen molar-refractivity contribution in [3.63, 3.8) is 0 Å². The molecule has 2 aromatic rings. The highest BCUT2D eigenvalue weighted by molar-refractivity contribution is 7.60. The van der Waals surface area contributed by atoms with Gasteiger partial charge < -0.3 is 20.1 Å². The maximum atomic E-state index is 14.2. The number of carbonyl (C=O) groups is 3. The molecule has 192 valence electrons. The third-order valence-electron chi connectivity index (χ3n) is 7.05. The molecular formula is C27H35N4O4P. The van der Waals surface area contributed by atoms with E-state index in [0.717, 1.165) is 17.5 Å². The Balaban J connectivity index is 1.50. The number of likely N-dealkylation sites (tertiary alicyclic amines) is 2. The van der Waals surface area contributed by atoms with E-state index in [4.69, 9.17) is 5.73 Å². The van der Waals surface area contributed by atoms with E-state index in [-0.39, 0.29) is 11.8 Å². The number of primary amides is 1. The van der Waals surface area contributed by atoms with Crippen LogP contribution in [0, 0.1) is 0 Å². The normalized spacial score (nSPS) is 20.9. The van der Waals surface area contributed by atoms with Gasteiger partial charge in [0.25, 0.3) is 0 Å². The van der Waals surface area contributed by atoms with Crippen molar-refractivity contribution in [3.8, 4) is 0 Å². The number of rotatable bonds is 9. The summed E-state index contributed by atoms with van der Waals surface area (Å²) in [5.41, 5.74) is 7.38. The Bertz CT molecular complexity index is 1080. The summed E-state index contributed by atoms with van der Waals surface area (Å²) < 4.78 is 14.2. The molecule has 0 bridgehead atoms. The van der Waals surface area contributed by atoms with Gasteiger partial charge in [-0.15, -0.1) is 0 Å². The predicted molar refractivity (Wildman–Crippen MR) is 139 cm³/mol. The summed E-state index contributed by atoms with van der Waals surface area (Å²) in [6, 6.07) is 17.3. The van der Waals surface area contributed by atoms with E-state index in [9.17, 15) is 18.9 Å². The van der Waals surface area contributed by atoms with Crippen LogP contribution < -0.4 is 10.8 Å². The minimum atomic E-state index is -3.05. The van der Waals surface area contributed by atoms with E-state index in [1.165, 1.54) is 4.90 Å². The van der Waals surface area contributed by atoms with E-state index >= 15 is 0 Å². The second-order valence-corrected chi connectivity index (χ2v) is 12.5. The van der Waals surface area contributed by atoms with Crippen LogP contribution in [0.4, 0.5) is 0 Å². The quantitative estimate of drug-likeness (QED) is 0.504. The first-order valence-electron chi connectivity index (χ1n) is 12.6. The molecule has 4 rings (SSSR count). The fourth-order valence-corrected chi connectivity index (χ4v) is 8.08. The molecule has 2 heterocycles. The third-order valence-corrected chi connectivity index (χ3v) is 9.66. The van der Waals surface area contributed by atoms with Gasteiger partial charge in [-0.05, 0) is 43.7 Å². The average molecular weight is 511 g/mol. The van der Waals surface area contributed by atoms with Crippen LogP contribution in [0.25, 0.3) is 0 Å². The molecule has 2 aliphatic rings. The summed E-state index contributed by atoms with van der Waals surface area (Å²) >= 11 is 0. The standard InChI is InChI=1S/C27H35N4O4P/c1-20(26(33)31-17-9-15-24(31)27(34)30-16-8-14-23(30)25(28)32)29-36(35,18-21-10-4-2-5-11-21)19-22-12-6-3-7-13-22/h2-7,10-13,20,23-24H,8-9,14-19H2,1H3,(H2,28,32)(H,29,35)/t20-,23-,24-/m0/s1. The lowest BCUT2D eigenvalue weighted by atomic mass is 10.1. The predicted octanol–water partition coefficient (Wildman–Crippen LogP) is 3.11. The zero-order chi connectivity index (χ0) is 25.7. The van der Waals surface area contributed by atoms with Gasteiger partial charge in [-0.2, -0.15) is 0 Å². The number of nitrogens with zero attached hydrogens (tertiary/aromatic N) is 2. The fraction of sp³-hybridized carbons (Fsp3) is 0.444. The molecule has 0 saturated carbocycles. The number of nitrogens with one attached hydrogen (secondary N) is 1. The molecule has 3 N–H and O–H groups in total. The van der Waals surface area contributed by atoms with Gasteiger partial charge in [0.2, 0.25) is 17.7 Å². The van der Waals surface area contributed by atoms with Crippen molar-refractivity contribution in [1.82, 2.24) is 14.9 Å². The maximum absolute atomic E-state index is 14.2. The highest BCUT2D eigenvalue weighted by atomic mass is 31.2. The molecule has 2 aromatic carbocycles. The number of hydrogen-bond donors (Lipinski definition) is 2. The fourth-order valence-electron chi connectivity index (χ4n) is 5.37. The number of benzene rings is 2. The molecule has 3 amide bonds. The zero-order valence-electron chi connectivity index (χ0n) is 20.7. The maximum Gasteiger partial charge on any atom is 0.246 e. The minimum absolute atomic E-state index is 0.217. The van der Waals surface area contributed by atoms with Gasteiger partial charge in [-0.1, -0.05) is 60.7 Å². The van der Waals surface area contributed by atoms with Crippen LogP contribution in [0.2, 0.25) is 0 Å². The van der Waals surface area contributed by atoms with Crippen LogP contribution in [0.5, 0.6) is 0 Å². The molecule has 0 radical (unpaired) electrons. The van der Waals surface area contributed by atoms with Crippen molar-refractivity contribution in [3.05, 3.63) is 71.8 Å². The summed E-state index contributed by atoms with van der Waals surface area (Å²) in [5, 5.41) is 3.19. The second-order valence-electron chi connectivity index (χ2n) is 9.81. The Morgan fingerprint density at radius 1 is 0.889 bits per heavy atom. The molecule has 36 heavy (non-hydrogen) atoms. The molecule has 2 saturated heterocycles. The van der Waals surface area contributed by atoms with Crippen LogP contribution in [0.15, 0.2) is 60.7 Å². The summed E-state index contributed by atoms with van der Waals surface area (Å²) in [6.07, 6.45) is 3.16. The van der Waals surface area contributed by atoms with Crippen LogP contribution in [0.1, 0.15) is 43.7 Å².